The number of nitrogens with two attached hydrogens (primary N) is 1. The van der Waals surface area contributed by atoms with Crippen LogP contribution in [0.5, 0.6) is 23.0 Å². The molecule has 5 rings (SSSR count). The Kier molecular flexibility index (Phi) is 16.8. The van der Waals surface area contributed by atoms with Crippen LogP contribution >= 0.6 is 46.4 Å². The molecular weight excluding hydrogens is 868 g/mol. The van der Waals surface area contributed by atoms with E-state index in [1.807, 2.05) is 0 Å². The number of phenols is 4. The van der Waals surface area contributed by atoms with E-state index in [4.69, 9.17) is 67.5 Å². The zero-order valence-electron chi connectivity index (χ0n) is 28.5. The predicted octanol–water partition coefficient (Wildman–Crippen LogP) is 9.75. The van der Waals surface area contributed by atoms with Crippen LogP contribution in [0.25, 0.3) is 5.69 Å². The zero-order chi connectivity index (χ0) is 43.6. The maximum atomic E-state index is 12.6. The number of nitrogens with one attached hydrogen (secondary N) is 1. The molecule has 0 amide bonds. The molecule has 7 N–H and O–H groups in total. The topological polar surface area (TPSA) is 183 Å². The van der Waals surface area contributed by atoms with Crippen LogP contribution in [0.3, 0.4) is 0 Å². The number of aromatic nitrogens is 2. The van der Waals surface area contributed by atoms with Gasteiger partial charge >= 0.3 is 12.4 Å². The molecule has 0 saturated carbocycles. The lowest BCUT2D eigenvalue weighted by Crippen LogP contribution is -2.27. The minimum atomic E-state index is -4.95. The molecule has 0 spiro atoms. The summed E-state index contributed by atoms with van der Waals surface area (Å²) >= 11 is 21.9. The van der Waals surface area contributed by atoms with Crippen LogP contribution in [0, 0.1) is 25.5 Å². The Morgan fingerprint density at radius 1 is 0.772 bits per heavy atom. The van der Waals surface area contributed by atoms with E-state index in [-0.39, 0.29) is 66.4 Å². The smallest absolute Gasteiger partial charge is 0.455 e. The van der Waals surface area contributed by atoms with Gasteiger partial charge < -0.3 is 26.2 Å². The number of hydrogen-bond acceptors (Lipinski definition) is 10. The van der Waals surface area contributed by atoms with Gasteiger partial charge in [0.1, 0.15) is 34.6 Å². The molecule has 4 aromatic carbocycles. The van der Waals surface area contributed by atoms with Gasteiger partial charge in [0.05, 0.1) is 55.1 Å². The Morgan fingerprint density at radius 3 is 1.77 bits per heavy atom. The number of carbonyl (C=O) groups excluding carboxylic acids is 1. The molecule has 1 aromatic heterocycles. The van der Waals surface area contributed by atoms with Crippen molar-refractivity contribution in [2.45, 2.75) is 26.2 Å². The van der Waals surface area contributed by atoms with Gasteiger partial charge in [0.2, 0.25) is 0 Å². The fourth-order valence-electron chi connectivity index (χ4n) is 3.66. The number of hydrogen-bond donors (Lipinski definition) is 6. The lowest BCUT2D eigenvalue weighted by molar-refractivity contribution is -0.162. The van der Waals surface area contributed by atoms with Crippen LogP contribution in [0.1, 0.15) is 16.7 Å². The number of hydrazone groups is 1. The number of aromatic hydroxyl groups is 4. The van der Waals surface area contributed by atoms with Crippen LogP contribution in [-0.2, 0) is 11.0 Å². The zero-order valence-corrected chi connectivity index (χ0v) is 31.5. The molecule has 0 unspecified atom stereocenters. The second kappa shape index (κ2) is 20.1. The summed E-state index contributed by atoms with van der Waals surface area (Å²) in [5.74, 6) is -3.95. The van der Waals surface area contributed by atoms with Crippen molar-refractivity contribution in [2.24, 2.45) is 5.10 Å². The number of halogens is 12. The summed E-state index contributed by atoms with van der Waals surface area (Å²) in [5, 5.41) is 43.1. The van der Waals surface area contributed by atoms with E-state index in [0.717, 1.165) is 41.9 Å². The van der Waals surface area contributed by atoms with E-state index in [0.29, 0.717) is 11.8 Å². The number of Topliss-reactive ketones (excluding diaryl/α,β-unsaturated/α-hetero) is 1. The normalized spacial score (nSPS) is 11.1. The number of aryl methyl sites for hydroxylation is 1. The molecule has 0 fully saturated rings. The van der Waals surface area contributed by atoms with E-state index in [9.17, 15) is 49.8 Å². The Morgan fingerprint density at radius 2 is 1.28 bits per heavy atom. The number of alkyl halides is 6. The van der Waals surface area contributed by atoms with Crippen molar-refractivity contribution in [3.63, 3.8) is 0 Å². The summed E-state index contributed by atoms with van der Waals surface area (Å²) in [7, 11) is 0. The highest BCUT2D eigenvalue weighted by Crippen LogP contribution is 2.31. The molecule has 0 radical (unpaired) electrons. The molecule has 0 aliphatic rings. The van der Waals surface area contributed by atoms with Crippen molar-refractivity contribution in [3.8, 4) is 28.7 Å². The van der Waals surface area contributed by atoms with Crippen LogP contribution in [-0.4, -0.2) is 48.4 Å². The van der Waals surface area contributed by atoms with E-state index >= 15 is 0 Å². The molecular formula is C34H25Cl4F8N5O6. The van der Waals surface area contributed by atoms with E-state index in [1.165, 1.54) is 30.3 Å². The number of phenolic OH excluding ortho intramolecular Hbond substituents is 4. The quantitative estimate of drug-likeness (QED) is 0.0443. The minimum absolute atomic E-state index is 0.0355. The molecule has 57 heavy (non-hydrogen) atoms. The van der Waals surface area contributed by atoms with Gasteiger partial charge in [-0.3, -0.25) is 15.0 Å². The number of nitrogens with zero attached hydrogens (tertiary/aromatic N) is 3. The van der Waals surface area contributed by atoms with Gasteiger partial charge in [-0.2, -0.15) is 41.2 Å². The highest BCUT2D eigenvalue weighted by Gasteiger charge is 2.37. The Balaban J connectivity index is 0.000000274. The van der Waals surface area contributed by atoms with Crippen LogP contribution in [0.4, 0.5) is 46.5 Å². The van der Waals surface area contributed by atoms with Crippen LogP contribution < -0.4 is 16.7 Å². The van der Waals surface area contributed by atoms with Crippen molar-refractivity contribution in [1.29, 1.82) is 0 Å². The molecule has 0 bridgehead atoms. The number of rotatable bonds is 4. The Labute approximate surface area is 335 Å². The van der Waals surface area contributed by atoms with E-state index in [2.05, 4.69) is 15.6 Å². The second-order valence-electron chi connectivity index (χ2n) is 10.8. The number of benzene rings is 4. The maximum Gasteiger partial charge on any atom is 0.455 e. The predicted molar refractivity (Wildman–Crippen MR) is 198 cm³/mol. The van der Waals surface area contributed by atoms with Gasteiger partial charge in [0.25, 0.3) is 11.3 Å². The number of carbonyl (C=O) groups is 1. The van der Waals surface area contributed by atoms with E-state index in [1.54, 1.807) is 6.92 Å². The van der Waals surface area contributed by atoms with Crippen molar-refractivity contribution in [1.82, 2.24) is 9.78 Å². The maximum absolute atomic E-state index is 12.6. The standard InChI is InChI=1S/C12H8ClF3N2O2.C9H6ClF3N2O2.C7H6ClFO.C6H5ClFNO/c1-6-8(12(14,15)16)5-17-18(11(6)20)7-2-3-9(13)10(19)4-7;10-6-2-1-5(3-7(6)16)15-14-4-8(17)9(11,12)13;1-4-2-7(10)5(8)3-6(4)9;7-3-1-4(8)5(9)2-6(3)10/h2-5,19H,1H3;1-4,15-16H;2-3,10H,1H3;1-2,10H,9H2/b;14-4-;;. The van der Waals surface area contributed by atoms with Gasteiger partial charge in [-0.1, -0.05) is 46.4 Å². The number of anilines is 2. The van der Waals surface area contributed by atoms with Crippen molar-refractivity contribution < 1.29 is 60.3 Å². The van der Waals surface area contributed by atoms with Crippen molar-refractivity contribution in [3.05, 3.63) is 126 Å². The first-order valence-corrected chi connectivity index (χ1v) is 16.4. The molecule has 11 nitrogen and oxygen atoms in total. The summed E-state index contributed by atoms with van der Waals surface area (Å²) in [6.45, 7) is 2.63. The van der Waals surface area contributed by atoms with Gasteiger partial charge in [0, 0.05) is 23.8 Å². The summed E-state index contributed by atoms with van der Waals surface area (Å²) in [5.41, 5.74) is 5.36. The fraction of sp³-hybridized carbons (Fsp3) is 0.118. The fourth-order valence-corrected chi connectivity index (χ4v) is 4.19. The highest BCUT2D eigenvalue weighted by atomic mass is 35.5. The molecule has 1 heterocycles. The lowest BCUT2D eigenvalue weighted by Gasteiger charge is -2.12. The largest absolute Gasteiger partial charge is 0.506 e. The van der Waals surface area contributed by atoms with Gasteiger partial charge in [-0.15, -0.1) is 0 Å². The van der Waals surface area contributed by atoms with Gasteiger partial charge in [-0.05, 0) is 61.9 Å². The molecule has 0 saturated heterocycles. The minimum Gasteiger partial charge on any atom is -0.506 e. The third kappa shape index (κ3) is 14.2. The summed E-state index contributed by atoms with van der Waals surface area (Å²) in [6.07, 6.45) is -8.92. The van der Waals surface area contributed by atoms with Crippen LogP contribution in [0.15, 0.2) is 76.8 Å². The van der Waals surface area contributed by atoms with Crippen molar-refractivity contribution in [2.75, 3.05) is 11.2 Å². The molecule has 0 atom stereocenters. The van der Waals surface area contributed by atoms with Crippen molar-refractivity contribution >= 4 is 69.8 Å². The Hall–Kier alpha value is -5.50. The second-order valence-corrected chi connectivity index (χ2v) is 12.4. The molecule has 306 valence electrons. The first-order valence-electron chi connectivity index (χ1n) is 14.9. The third-order valence-electron chi connectivity index (χ3n) is 6.59. The summed E-state index contributed by atoms with van der Waals surface area (Å²) < 4.78 is 99.0. The number of ketones is 1. The highest BCUT2D eigenvalue weighted by molar-refractivity contribution is 6.33. The molecule has 23 heteroatoms. The molecule has 5 aromatic rings. The molecule has 0 aliphatic heterocycles. The molecule has 0 aliphatic carbocycles. The SMILES string of the molecule is Cc1c(C(F)(F)F)cnn(-c2ccc(Cl)c(O)c2)c1=O.Cc1cc(O)c(Cl)cc1F.Nc1cc(O)c(Cl)cc1F.O=C(/C=N\Nc1ccc(Cl)c(O)c1)C(F)(F)F. The Bertz CT molecular complexity index is 2170. The first kappa shape index (κ1) is 47.7. The summed E-state index contributed by atoms with van der Waals surface area (Å²) in [6, 6.07) is 12.1. The third-order valence-corrected chi connectivity index (χ3v) is 7.84. The lowest BCUT2D eigenvalue weighted by atomic mass is 10.2. The first-order chi connectivity index (χ1) is 26.2. The van der Waals surface area contributed by atoms with Crippen LogP contribution in [0.2, 0.25) is 20.1 Å². The average Bonchev–Trinajstić information content (AvgIpc) is 3.10. The summed E-state index contributed by atoms with van der Waals surface area (Å²) in [4.78, 5) is 22.3. The van der Waals surface area contributed by atoms with E-state index < -0.39 is 46.5 Å². The van der Waals surface area contributed by atoms with Gasteiger partial charge in [-0.25, -0.2) is 8.78 Å². The average molecular weight is 893 g/mol. The van der Waals surface area contributed by atoms with Gasteiger partial charge in [0.15, 0.2) is 0 Å². The number of nitrogen functional groups attached to an aromatic ring is 1. The monoisotopic (exact) mass is 891 g/mol.